The number of benzene rings is 1. The molecule has 0 spiro atoms. The number of amides is 2. The summed E-state index contributed by atoms with van der Waals surface area (Å²) in [6.07, 6.45) is 4.59. The number of aromatic nitrogens is 4. The number of allylic oxidation sites excluding steroid dienone is 1. The van der Waals surface area contributed by atoms with E-state index in [1.165, 1.54) is 17.7 Å². The summed E-state index contributed by atoms with van der Waals surface area (Å²) >= 11 is 1.24. The molecular formula is C34H42N8O3S. The van der Waals surface area contributed by atoms with E-state index in [0.717, 1.165) is 29.4 Å². The standard InChI is InChI=1S/C34H42N8O3S/c1-21(34(5,6)7)36-18-22-10-11-26-25(15-22)38-32(39-30(43)28-13-12-27(46-28)29-37-20-45-40-29)42(26)19-24-9-8-14-41(24)31(44)23(17-35)16-33(2,3)4/h10-13,15-16,20-21,24,36H,8-9,14,18-19H2,1-7H3,(H,38,39,43)/t21-,24+/m0/s1. The Morgan fingerprint density at radius 1 is 1.24 bits per heavy atom. The highest BCUT2D eigenvalue weighted by atomic mass is 32.1. The number of carbonyl (C=O) groups excluding carboxylic acids is 2. The van der Waals surface area contributed by atoms with Crippen molar-refractivity contribution in [3.8, 4) is 16.8 Å². The van der Waals surface area contributed by atoms with Crippen LogP contribution in [-0.2, 0) is 17.9 Å². The van der Waals surface area contributed by atoms with E-state index >= 15 is 0 Å². The van der Waals surface area contributed by atoms with E-state index in [1.807, 2.05) is 31.4 Å². The molecule has 2 amide bonds. The minimum absolute atomic E-state index is 0.120. The average Bonchev–Trinajstić information content (AvgIpc) is 3.80. The zero-order chi connectivity index (χ0) is 33.2. The minimum atomic E-state index is -0.403. The highest BCUT2D eigenvalue weighted by Gasteiger charge is 2.32. The van der Waals surface area contributed by atoms with Gasteiger partial charge in [-0.25, -0.2) is 0 Å². The van der Waals surface area contributed by atoms with Crippen LogP contribution in [0.25, 0.3) is 21.7 Å². The molecule has 11 nitrogen and oxygen atoms in total. The molecule has 4 heterocycles. The number of nitrogens with one attached hydrogen (secondary N) is 2. The second-order valence-corrected chi connectivity index (χ2v) is 15.1. The number of likely N-dealkylation sites (tertiary alicyclic amines) is 1. The molecule has 0 unspecified atom stereocenters. The maximum Gasteiger partial charge on any atom is 0.290 e. The highest BCUT2D eigenvalue weighted by Crippen LogP contribution is 2.27. The first-order valence-electron chi connectivity index (χ1n) is 15.6. The van der Waals surface area contributed by atoms with Gasteiger partial charge in [-0.1, -0.05) is 58.8 Å². The first-order chi connectivity index (χ1) is 21.7. The van der Waals surface area contributed by atoms with Gasteiger partial charge in [-0.2, -0.15) is 15.2 Å². The topological polar surface area (TPSA) is 145 Å². The van der Waals surface area contributed by atoms with E-state index in [1.54, 1.807) is 23.1 Å². The Bertz CT molecular complexity index is 1860. The van der Waals surface area contributed by atoms with E-state index < -0.39 is 5.91 Å². The van der Waals surface area contributed by atoms with Crippen molar-refractivity contribution in [2.45, 2.75) is 86.5 Å². The summed E-state index contributed by atoms with van der Waals surface area (Å²) in [7, 11) is 0. The summed E-state index contributed by atoms with van der Waals surface area (Å²) in [6.45, 7) is 16.4. The zero-order valence-electron chi connectivity index (χ0n) is 27.5. The number of rotatable bonds is 8. The van der Waals surface area contributed by atoms with Gasteiger partial charge in [0.25, 0.3) is 11.8 Å². The number of H-pyrrole nitrogens is 1. The summed E-state index contributed by atoms with van der Waals surface area (Å²) in [5, 5.41) is 17.3. The number of hydrogen-bond donors (Lipinski definition) is 2. The lowest BCUT2D eigenvalue weighted by molar-refractivity contribution is -0.127. The third-order valence-corrected chi connectivity index (χ3v) is 9.40. The number of thiophene rings is 1. The van der Waals surface area contributed by atoms with E-state index in [-0.39, 0.29) is 28.4 Å². The Labute approximate surface area is 273 Å². The average molecular weight is 643 g/mol. The van der Waals surface area contributed by atoms with Crippen molar-refractivity contribution in [2.24, 2.45) is 15.8 Å². The van der Waals surface area contributed by atoms with Gasteiger partial charge in [0, 0.05) is 25.7 Å². The van der Waals surface area contributed by atoms with Crippen molar-refractivity contribution >= 4 is 34.2 Å². The maximum absolute atomic E-state index is 13.6. The molecular weight excluding hydrogens is 600 g/mol. The maximum atomic E-state index is 13.6. The third-order valence-electron chi connectivity index (χ3n) is 8.33. The Hall–Kier alpha value is -4.34. The van der Waals surface area contributed by atoms with E-state index in [9.17, 15) is 14.9 Å². The Morgan fingerprint density at radius 2 is 2.02 bits per heavy atom. The van der Waals surface area contributed by atoms with Crippen LogP contribution < -0.4 is 10.9 Å². The summed E-state index contributed by atoms with van der Waals surface area (Å²) in [5.41, 5.74) is 3.18. The van der Waals surface area contributed by atoms with E-state index in [4.69, 9.17) is 4.52 Å². The van der Waals surface area contributed by atoms with Crippen molar-refractivity contribution in [3.63, 3.8) is 0 Å². The Balaban J connectivity index is 1.50. The van der Waals surface area contributed by atoms with Crippen LogP contribution in [0.4, 0.5) is 0 Å². The number of aromatic amines is 1. The molecule has 12 heteroatoms. The number of hydrogen-bond acceptors (Lipinski definition) is 8. The van der Waals surface area contributed by atoms with Crippen LogP contribution in [0.15, 0.2) is 57.9 Å². The number of fused-ring (bicyclic) bond motifs is 1. The largest absolute Gasteiger partial charge is 0.342 e. The molecule has 0 aliphatic carbocycles. The zero-order valence-corrected chi connectivity index (χ0v) is 28.4. The molecule has 242 valence electrons. The van der Waals surface area contributed by atoms with Gasteiger partial charge in [-0.3, -0.25) is 9.59 Å². The van der Waals surface area contributed by atoms with Crippen LogP contribution >= 0.6 is 11.3 Å². The van der Waals surface area contributed by atoms with Crippen LogP contribution in [-0.4, -0.2) is 55.0 Å². The molecule has 1 fully saturated rings. The van der Waals surface area contributed by atoms with Crippen LogP contribution in [0.1, 0.15) is 76.5 Å². The van der Waals surface area contributed by atoms with Gasteiger partial charge in [0.05, 0.1) is 26.8 Å². The van der Waals surface area contributed by atoms with Gasteiger partial charge in [-0.15, -0.1) is 11.3 Å². The van der Waals surface area contributed by atoms with Crippen LogP contribution in [0.3, 0.4) is 0 Å². The fraction of sp³-hybridized carbons (Fsp3) is 0.471. The lowest BCUT2D eigenvalue weighted by Crippen LogP contribution is -2.40. The van der Waals surface area contributed by atoms with Crippen molar-refractivity contribution in [1.82, 2.24) is 29.9 Å². The summed E-state index contributed by atoms with van der Waals surface area (Å²) in [6, 6.07) is 11.9. The number of carbonyl (C=O) groups is 2. The quantitative estimate of drug-likeness (QED) is 0.182. The van der Waals surface area contributed by atoms with Gasteiger partial charge in [0.1, 0.15) is 11.6 Å². The van der Waals surface area contributed by atoms with Gasteiger partial charge in [0.2, 0.25) is 17.8 Å². The molecule has 1 aromatic carbocycles. The smallest absolute Gasteiger partial charge is 0.290 e. The lowest BCUT2D eigenvalue weighted by Gasteiger charge is -2.28. The molecule has 2 atom stereocenters. The van der Waals surface area contributed by atoms with Gasteiger partial charge in [-0.05, 0) is 60.4 Å². The monoisotopic (exact) mass is 642 g/mol. The molecule has 0 bridgehead atoms. The van der Waals surface area contributed by atoms with Crippen molar-refractivity contribution in [1.29, 1.82) is 5.26 Å². The second kappa shape index (κ2) is 13.2. The van der Waals surface area contributed by atoms with Crippen molar-refractivity contribution in [3.05, 3.63) is 64.4 Å². The molecule has 4 aromatic rings. The SMILES string of the molecule is C[C@H](NCc1ccc2c(c1)[nH]c(=NC(=O)c1ccc(-c3ncon3)s1)n2C[C@H]1CCCN1C(=O)C(C#N)=CC(C)(C)C)C(C)(C)C. The predicted molar refractivity (Wildman–Crippen MR) is 177 cm³/mol. The molecule has 0 radical (unpaired) electrons. The van der Waals surface area contributed by atoms with Crippen LogP contribution in [0, 0.1) is 22.2 Å². The summed E-state index contributed by atoms with van der Waals surface area (Å²) in [4.78, 5) is 42.0. The third kappa shape index (κ3) is 7.54. The molecule has 46 heavy (non-hydrogen) atoms. The molecule has 1 aliphatic rings. The van der Waals surface area contributed by atoms with Crippen LogP contribution in [0.2, 0.25) is 0 Å². The van der Waals surface area contributed by atoms with E-state index in [0.29, 0.717) is 46.9 Å². The molecule has 1 aliphatic heterocycles. The van der Waals surface area contributed by atoms with Crippen LogP contribution in [0.5, 0.6) is 0 Å². The number of nitrogens with zero attached hydrogens (tertiary/aromatic N) is 6. The second-order valence-electron chi connectivity index (χ2n) is 14.0. The first kappa shape index (κ1) is 33.0. The lowest BCUT2D eigenvalue weighted by atomic mass is 9.88. The molecule has 0 saturated carbocycles. The number of nitriles is 1. The van der Waals surface area contributed by atoms with Gasteiger partial charge < -0.3 is 24.3 Å². The minimum Gasteiger partial charge on any atom is -0.342 e. The predicted octanol–water partition coefficient (Wildman–Crippen LogP) is 5.83. The molecule has 5 rings (SSSR count). The fourth-order valence-corrected chi connectivity index (χ4v) is 6.24. The molecule has 3 aromatic heterocycles. The molecule has 2 N–H and O–H groups in total. The van der Waals surface area contributed by atoms with Crippen molar-refractivity contribution < 1.29 is 14.1 Å². The normalized spacial score (nSPS) is 17.1. The summed E-state index contributed by atoms with van der Waals surface area (Å²) < 4.78 is 6.83. The number of imidazole rings is 1. The summed E-state index contributed by atoms with van der Waals surface area (Å²) in [5.74, 6) is -0.251. The highest BCUT2D eigenvalue weighted by molar-refractivity contribution is 7.17. The van der Waals surface area contributed by atoms with E-state index in [2.05, 4.69) is 71.3 Å². The molecule has 1 saturated heterocycles. The van der Waals surface area contributed by atoms with Gasteiger partial charge >= 0.3 is 0 Å². The first-order valence-corrected chi connectivity index (χ1v) is 16.4. The van der Waals surface area contributed by atoms with Gasteiger partial charge in [0.15, 0.2) is 0 Å². The Morgan fingerprint density at radius 3 is 2.70 bits per heavy atom. The Kier molecular flexibility index (Phi) is 9.47. The fourth-order valence-electron chi connectivity index (χ4n) is 5.42. The van der Waals surface area contributed by atoms with Crippen molar-refractivity contribution in [2.75, 3.05) is 6.54 Å².